The highest BCUT2D eigenvalue weighted by Crippen LogP contribution is 2.26. The predicted molar refractivity (Wildman–Crippen MR) is 82.8 cm³/mol. The summed E-state index contributed by atoms with van der Waals surface area (Å²) in [6.45, 7) is 3.03. The maximum absolute atomic E-state index is 4.59. The molecule has 19 heavy (non-hydrogen) atoms. The van der Waals surface area contributed by atoms with Crippen LogP contribution in [-0.2, 0) is 13.0 Å². The minimum Gasteiger partial charge on any atom is -0.357 e. The van der Waals surface area contributed by atoms with E-state index in [1.165, 1.54) is 15.8 Å². The van der Waals surface area contributed by atoms with Crippen molar-refractivity contribution < 1.29 is 0 Å². The second kappa shape index (κ2) is 5.41. The van der Waals surface area contributed by atoms with Crippen LogP contribution < -0.4 is 5.32 Å². The summed E-state index contributed by atoms with van der Waals surface area (Å²) in [5, 5.41) is 4.43. The monoisotopic (exact) mass is 268 g/mol. The zero-order chi connectivity index (χ0) is 13.1. The summed E-state index contributed by atoms with van der Waals surface area (Å²) < 4.78 is 1.23. The molecule has 0 aliphatic heterocycles. The zero-order valence-corrected chi connectivity index (χ0v) is 11.7. The van der Waals surface area contributed by atoms with Crippen LogP contribution in [0, 0.1) is 0 Å². The summed E-state index contributed by atoms with van der Waals surface area (Å²) in [5.74, 6) is 0. The highest BCUT2D eigenvalue weighted by atomic mass is 32.1. The van der Waals surface area contributed by atoms with E-state index < -0.39 is 0 Å². The van der Waals surface area contributed by atoms with E-state index in [2.05, 4.69) is 59.7 Å². The highest BCUT2D eigenvalue weighted by molar-refractivity contribution is 7.22. The van der Waals surface area contributed by atoms with Crippen LogP contribution in [0.15, 0.2) is 48.5 Å². The second-order valence-electron chi connectivity index (χ2n) is 4.46. The highest BCUT2D eigenvalue weighted by Gasteiger charge is 2.04. The van der Waals surface area contributed by atoms with Crippen molar-refractivity contribution in [2.24, 2.45) is 0 Å². The molecule has 3 heteroatoms. The molecule has 3 rings (SSSR count). The van der Waals surface area contributed by atoms with Crippen molar-refractivity contribution in [2.75, 3.05) is 5.32 Å². The van der Waals surface area contributed by atoms with Crippen LogP contribution in [0.4, 0.5) is 5.13 Å². The van der Waals surface area contributed by atoms with E-state index in [0.29, 0.717) is 0 Å². The van der Waals surface area contributed by atoms with Crippen molar-refractivity contribution in [3.63, 3.8) is 0 Å². The summed E-state index contributed by atoms with van der Waals surface area (Å²) in [4.78, 5) is 4.59. The predicted octanol–water partition coefficient (Wildman–Crippen LogP) is 4.47. The van der Waals surface area contributed by atoms with Crippen molar-refractivity contribution in [1.29, 1.82) is 0 Å². The molecule has 3 aromatic rings. The molecule has 0 fully saturated rings. The van der Waals surface area contributed by atoms with Gasteiger partial charge < -0.3 is 5.32 Å². The Morgan fingerprint density at radius 3 is 2.53 bits per heavy atom. The van der Waals surface area contributed by atoms with Crippen LogP contribution in [0.1, 0.15) is 18.1 Å². The number of aryl methyl sites for hydroxylation is 1. The normalized spacial score (nSPS) is 10.8. The SMILES string of the molecule is CCc1ccccc1CNc1nc2ccccc2s1. The van der Waals surface area contributed by atoms with E-state index in [4.69, 9.17) is 0 Å². The van der Waals surface area contributed by atoms with Crippen LogP contribution in [0.2, 0.25) is 0 Å². The summed E-state index contributed by atoms with van der Waals surface area (Å²) in [5.41, 5.74) is 3.82. The Kier molecular flexibility index (Phi) is 3.47. The van der Waals surface area contributed by atoms with Crippen LogP contribution >= 0.6 is 11.3 Å². The lowest BCUT2D eigenvalue weighted by Crippen LogP contribution is -2.01. The maximum Gasteiger partial charge on any atom is 0.184 e. The molecule has 1 aromatic heterocycles. The van der Waals surface area contributed by atoms with Gasteiger partial charge in [0.15, 0.2) is 5.13 Å². The first-order chi connectivity index (χ1) is 9.36. The summed E-state index contributed by atoms with van der Waals surface area (Å²) in [7, 11) is 0. The number of hydrogen-bond acceptors (Lipinski definition) is 3. The first kappa shape index (κ1) is 12.2. The average Bonchev–Trinajstić information content (AvgIpc) is 2.88. The van der Waals surface area contributed by atoms with Gasteiger partial charge in [-0.2, -0.15) is 0 Å². The lowest BCUT2D eigenvalue weighted by atomic mass is 10.1. The van der Waals surface area contributed by atoms with Crippen molar-refractivity contribution in [1.82, 2.24) is 4.98 Å². The number of nitrogens with zero attached hydrogens (tertiary/aromatic N) is 1. The fourth-order valence-corrected chi connectivity index (χ4v) is 3.06. The van der Waals surface area contributed by atoms with Crippen LogP contribution in [0.5, 0.6) is 0 Å². The molecule has 0 atom stereocenters. The molecule has 0 spiro atoms. The summed E-state index contributed by atoms with van der Waals surface area (Å²) in [6, 6.07) is 16.8. The molecular weight excluding hydrogens is 252 g/mol. The van der Waals surface area contributed by atoms with Gasteiger partial charge >= 0.3 is 0 Å². The van der Waals surface area contributed by atoms with Crippen molar-refractivity contribution in [3.05, 3.63) is 59.7 Å². The van der Waals surface area contributed by atoms with Gasteiger partial charge in [0.05, 0.1) is 10.2 Å². The number of rotatable bonds is 4. The Balaban J connectivity index is 1.78. The molecule has 0 saturated heterocycles. The van der Waals surface area contributed by atoms with E-state index in [-0.39, 0.29) is 0 Å². The molecule has 2 nitrogen and oxygen atoms in total. The van der Waals surface area contributed by atoms with E-state index in [0.717, 1.165) is 23.6 Å². The minimum absolute atomic E-state index is 0.837. The second-order valence-corrected chi connectivity index (χ2v) is 5.49. The fraction of sp³-hybridized carbons (Fsp3) is 0.188. The molecule has 1 heterocycles. The molecule has 0 unspecified atom stereocenters. The first-order valence-electron chi connectivity index (χ1n) is 6.53. The van der Waals surface area contributed by atoms with E-state index >= 15 is 0 Å². The summed E-state index contributed by atoms with van der Waals surface area (Å²) >= 11 is 1.71. The largest absolute Gasteiger partial charge is 0.357 e. The van der Waals surface area contributed by atoms with E-state index in [1.807, 2.05) is 6.07 Å². The number of anilines is 1. The standard InChI is InChI=1S/C16H16N2S/c1-2-12-7-3-4-8-13(12)11-17-16-18-14-9-5-6-10-15(14)19-16/h3-10H,2,11H2,1H3,(H,17,18). The number of benzene rings is 2. The van der Waals surface area contributed by atoms with Crippen molar-refractivity contribution >= 4 is 26.7 Å². The average molecular weight is 268 g/mol. The Bertz CT molecular complexity index is 655. The number of hydrogen-bond donors (Lipinski definition) is 1. The lowest BCUT2D eigenvalue weighted by Gasteiger charge is -2.07. The van der Waals surface area contributed by atoms with Gasteiger partial charge in [-0.25, -0.2) is 4.98 Å². The molecule has 0 amide bonds. The molecule has 0 aliphatic carbocycles. The number of aromatic nitrogens is 1. The quantitative estimate of drug-likeness (QED) is 0.755. The van der Waals surface area contributed by atoms with Gasteiger partial charge in [-0.15, -0.1) is 0 Å². The van der Waals surface area contributed by atoms with Gasteiger partial charge in [-0.1, -0.05) is 54.7 Å². The Hall–Kier alpha value is -1.87. The van der Waals surface area contributed by atoms with Crippen LogP contribution in [-0.4, -0.2) is 4.98 Å². The van der Waals surface area contributed by atoms with Crippen molar-refractivity contribution in [3.8, 4) is 0 Å². The van der Waals surface area contributed by atoms with Crippen LogP contribution in [0.3, 0.4) is 0 Å². The molecule has 2 aromatic carbocycles. The van der Waals surface area contributed by atoms with Gasteiger partial charge in [0.25, 0.3) is 0 Å². The molecule has 96 valence electrons. The van der Waals surface area contributed by atoms with Gasteiger partial charge in [-0.05, 0) is 29.7 Å². The van der Waals surface area contributed by atoms with E-state index in [1.54, 1.807) is 11.3 Å². The van der Waals surface area contributed by atoms with Gasteiger partial charge in [0.2, 0.25) is 0 Å². The smallest absolute Gasteiger partial charge is 0.184 e. The van der Waals surface area contributed by atoms with Gasteiger partial charge in [0, 0.05) is 6.54 Å². The summed E-state index contributed by atoms with van der Waals surface area (Å²) in [6.07, 6.45) is 1.07. The molecule has 0 bridgehead atoms. The third-order valence-corrected chi connectivity index (χ3v) is 4.22. The molecule has 0 radical (unpaired) electrons. The molecule has 0 aliphatic rings. The fourth-order valence-electron chi connectivity index (χ4n) is 2.19. The lowest BCUT2D eigenvalue weighted by molar-refractivity contribution is 1.04. The first-order valence-corrected chi connectivity index (χ1v) is 7.34. The molecule has 0 saturated carbocycles. The number of para-hydroxylation sites is 1. The van der Waals surface area contributed by atoms with Gasteiger partial charge in [-0.3, -0.25) is 0 Å². The molecular formula is C16H16N2S. The van der Waals surface area contributed by atoms with Crippen LogP contribution in [0.25, 0.3) is 10.2 Å². The maximum atomic E-state index is 4.59. The van der Waals surface area contributed by atoms with Crippen molar-refractivity contribution in [2.45, 2.75) is 19.9 Å². The minimum atomic E-state index is 0.837. The number of thiazole rings is 1. The molecule has 1 N–H and O–H groups in total. The Labute approximate surface area is 117 Å². The Morgan fingerprint density at radius 1 is 1.00 bits per heavy atom. The zero-order valence-electron chi connectivity index (χ0n) is 10.9. The topological polar surface area (TPSA) is 24.9 Å². The van der Waals surface area contributed by atoms with E-state index in [9.17, 15) is 0 Å². The third-order valence-electron chi connectivity index (χ3n) is 3.22. The van der Waals surface area contributed by atoms with Gasteiger partial charge in [0.1, 0.15) is 0 Å². The number of fused-ring (bicyclic) bond motifs is 1. The Morgan fingerprint density at radius 2 is 1.74 bits per heavy atom. The third kappa shape index (κ3) is 2.61. The number of nitrogens with one attached hydrogen (secondary N) is 1.